The Bertz CT molecular complexity index is 805. The van der Waals surface area contributed by atoms with Crippen molar-refractivity contribution < 1.29 is 10.2 Å². The number of phenolic OH excluding ortho intramolecular Hbond substituents is 1. The zero-order valence-corrected chi connectivity index (χ0v) is 10.2. The van der Waals surface area contributed by atoms with Crippen LogP contribution in [-0.2, 0) is 0 Å². The summed E-state index contributed by atoms with van der Waals surface area (Å²) < 4.78 is 0. The van der Waals surface area contributed by atoms with E-state index in [-0.39, 0.29) is 5.75 Å². The van der Waals surface area contributed by atoms with Crippen molar-refractivity contribution >= 4 is 10.8 Å². The molecule has 2 N–H and O–H groups in total. The van der Waals surface area contributed by atoms with Crippen LogP contribution in [-0.4, -0.2) is 10.2 Å². The standard InChI is InChI=1S/C17H12O2/c18-12-5-6-13-14-7-10-3-1-2-4-11(10)8-15(14)17(19)16(13)9-12/h1-9,17-19H. The first-order valence-corrected chi connectivity index (χ1v) is 6.28. The van der Waals surface area contributed by atoms with E-state index in [0.29, 0.717) is 0 Å². The molecule has 4 rings (SSSR count). The van der Waals surface area contributed by atoms with Crippen molar-refractivity contribution in [3.8, 4) is 16.9 Å². The number of aliphatic hydroxyl groups excluding tert-OH is 1. The van der Waals surface area contributed by atoms with Gasteiger partial charge >= 0.3 is 0 Å². The molecule has 2 nitrogen and oxygen atoms in total. The molecule has 1 aliphatic carbocycles. The predicted octanol–water partition coefficient (Wildman–Crippen LogP) is 3.61. The first kappa shape index (κ1) is 10.6. The van der Waals surface area contributed by atoms with Crippen LogP contribution < -0.4 is 0 Å². The van der Waals surface area contributed by atoms with Crippen molar-refractivity contribution in [3.63, 3.8) is 0 Å². The highest BCUT2D eigenvalue weighted by Gasteiger charge is 2.27. The van der Waals surface area contributed by atoms with Gasteiger partial charge in [-0.25, -0.2) is 0 Å². The second-order valence-corrected chi connectivity index (χ2v) is 4.96. The average molecular weight is 248 g/mol. The predicted molar refractivity (Wildman–Crippen MR) is 75.1 cm³/mol. The molecule has 2 heteroatoms. The summed E-state index contributed by atoms with van der Waals surface area (Å²) in [7, 11) is 0. The molecule has 3 aromatic rings. The Kier molecular flexibility index (Phi) is 2.00. The zero-order chi connectivity index (χ0) is 13.0. The van der Waals surface area contributed by atoms with E-state index in [9.17, 15) is 10.2 Å². The topological polar surface area (TPSA) is 40.5 Å². The normalized spacial score (nSPS) is 16.4. The highest BCUT2D eigenvalue weighted by molar-refractivity contribution is 5.92. The minimum absolute atomic E-state index is 0.190. The van der Waals surface area contributed by atoms with Gasteiger partial charge in [-0.05, 0) is 57.3 Å². The van der Waals surface area contributed by atoms with E-state index in [1.807, 2.05) is 30.3 Å². The van der Waals surface area contributed by atoms with E-state index in [2.05, 4.69) is 12.1 Å². The molecule has 1 atom stereocenters. The van der Waals surface area contributed by atoms with Crippen LogP contribution in [0.25, 0.3) is 21.9 Å². The van der Waals surface area contributed by atoms with Gasteiger partial charge in [-0.3, -0.25) is 0 Å². The summed E-state index contributed by atoms with van der Waals surface area (Å²) in [4.78, 5) is 0. The van der Waals surface area contributed by atoms with E-state index in [0.717, 1.165) is 33.0 Å². The van der Waals surface area contributed by atoms with Crippen LogP contribution in [0.1, 0.15) is 17.2 Å². The third-order valence-corrected chi connectivity index (χ3v) is 3.83. The monoisotopic (exact) mass is 248 g/mol. The minimum atomic E-state index is -0.651. The first-order valence-electron chi connectivity index (χ1n) is 6.28. The van der Waals surface area contributed by atoms with Gasteiger partial charge in [-0.2, -0.15) is 0 Å². The first-order chi connectivity index (χ1) is 9.24. The van der Waals surface area contributed by atoms with Crippen LogP contribution in [0.15, 0.2) is 54.6 Å². The molecule has 92 valence electrons. The number of benzene rings is 3. The summed E-state index contributed by atoms with van der Waals surface area (Å²) in [5, 5.41) is 22.3. The van der Waals surface area contributed by atoms with Crippen LogP contribution in [0.5, 0.6) is 5.75 Å². The van der Waals surface area contributed by atoms with Gasteiger partial charge in [0.2, 0.25) is 0 Å². The van der Waals surface area contributed by atoms with E-state index < -0.39 is 6.10 Å². The van der Waals surface area contributed by atoms with Gasteiger partial charge < -0.3 is 10.2 Å². The van der Waals surface area contributed by atoms with Gasteiger partial charge in [0.25, 0.3) is 0 Å². The molecule has 0 bridgehead atoms. The lowest BCUT2D eigenvalue weighted by Gasteiger charge is -2.06. The number of hydrogen-bond acceptors (Lipinski definition) is 2. The highest BCUT2D eigenvalue weighted by atomic mass is 16.3. The molecule has 1 unspecified atom stereocenters. The highest BCUT2D eigenvalue weighted by Crippen LogP contribution is 2.45. The molecule has 3 aromatic carbocycles. The Morgan fingerprint density at radius 2 is 1.42 bits per heavy atom. The Morgan fingerprint density at radius 3 is 2.21 bits per heavy atom. The second kappa shape index (κ2) is 3.59. The summed E-state index contributed by atoms with van der Waals surface area (Å²) in [6.45, 7) is 0. The lowest BCUT2D eigenvalue weighted by molar-refractivity contribution is 0.225. The third-order valence-electron chi connectivity index (χ3n) is 3.83. The van der Waals surface area contributed by atoms with Crippen LogP contribution in [0.2, 0.25) is 0 Å². The van der Waals surface area contributed by atoms with Crippen molar-refractivity contribution in [1.82, 2.24) is 0 Å². The van der Waals surface area contributed by atoms with E-state index in [1.165, 1.54) is 0 Å². The smallest absolute Gasteiger partial charge is 0.116 e. The van der Waals surface area contributed by atoms with Crippen LogP contribution in [0.3, 0.4) is 0 Å². The van der Waals surface area contributed by atoms with Gasteiger partial charge in [-0.1, -0.05) is 30.3 Å². The van der Waals surface area contributed by atoms with Gasteiger partial charge in [0, 0.05) is 0 Å². The third kappa shape index (κ3) is 1.41. The summed E-state index contributed by atoms with van der Waals surface area (Å²) in [5.41, 5.74) is 3.76. The molecule has 0 aromatic heterocycles. The van der Waals surface area contributed by atoms with Crippen molar-refractivity contribution in [2.24, 2.45) is 0 Å². The summed E-state index contributed by atoms with van der Waals surface area (Å²) in [6.07, 6.45) is -0.651. The maximum absolute atomic E-state index is 10.4. The van der Waals surface area contributed by atoms with Crippen molar-refractivity contribution in [2.75, 3.05) is 0 Å². The van der Waals surface area contributed by atoms with Crippen molar-refractivity contribution in [3.05, 3.63) is 65.7 Å². The Hall–Kier alpha value is -2.32. The largest absolute Gasteiger partial charge is 0.508 e. The molecule has 0 radical (unpaired) electrons. The zero-order valence-electron chi connectivity index (χ0n) is 10.2. The quantitative estimate of drug-likeness (QED) is 0.638. The molecule has 0 spiro atoms. The molecule has 19 heavy (non-hydrogen) atoms. The maximum Gasteiger partial charge on any atom is 0.116 e. The molecule has 0 heterocycles. The number of phenols is 1. The molecule has 0 amide bonds. The van der Waals surface area contributed by atoms with Gasteiger partial charge in [-0.15, -0.1) is 0 Å². The summed E-state index contributed by atoms with van der Waals surface area (Å²) >= 11 is 0. The van der Waals surface area contributed by atoms with E-state index >= 15 is 0 Å². The van der Waals surface area contributed by atoms with Gasteiger partial charge in [0.15, 0.2) is 0 Å². The molecule has 0 saturated carbocycles. The lowest BCUT2D eigenvalue weighted by Crippen LogP contribution is -1.93. The van der Waals surface area contributed by atoms with Crippen LogP contribution >= 0.6 is 0 Å². The number of fused-ring (bicyclic) bond motifs is 4. The summed E-state index contributed by atoms with van der Waals surface area (Å²) in [5.74, 6) is 0.190. The Labute approximate surface area is 110 Å². The second-order valence-electron chi connectivity index (χ2n) is 4.96. The Morgan fingerprint density at radius 1 is 0.737 bits per heavy atom. The maximum atomic E-state index is 10.4. The molecular weight excluding hydrogens is 236 g/mol. The van der Waals surface area contributed by atoms with E-state index in [4.69, 9.17) is 0 Å². The molecule has 0 aliphatic heterocycles. The molecule has 0 fully saturated rings. The number of rotatable bonds is 0. The number of aromatic hydroxyl groups is 1. The van der Waals surface area contributed by atoms with Crippen molar-refractivity contribution in [1.29, 1.82) is 0 Å². The average Bonchev–Trinajstić information content (AvgIpc) is 2.69. The number of aliphatic hydroxyl groups is 1. The fourth-order valence-corrected chi connectivity index (χ4v) is 2.91. The number of hydrogen-bond donors (Lipinski definition) is 2. The lowest BCUT2D eigenvalue weighted by atomic mass is 10.0. The van der Waals surface area contributed by atoms with Crippen LogP contribution in [0, 0.1) is 0 Å². The summed E-state index contributed by atoms with van der Waals surface area (Å²) in [6, 6.07) is 17.4. The fraction of sp³-hybridized carbons (Fsp3) is 0.0588. The molecule has 1 aliphatic rings. The Balaban J connectivity index is 2.07. The molecule has 0 saturated heterocycles. The fourth-order valence-electron chi connectivity index (χ4n) is 2.91. The van der Waals surface area contributed by atoms with E-state index in [1.54, 1.807) is 12.1 Å². The van der Waals surface area contributed by atoms with Crippen molar-refractivity contribution in [2.45, 2.75) is 6.10 Å². The SMILES string of the molecule is Oc1ccc2c(c1)C(O)c1cc3ccccc3cc1-2. The van der Waals surface area contributed by atoms with Gasteiger partial charge in [0.1, 0.15) is 11.9 Å². The van der Waals surface area contributed by atoms with Gasteiger partial charge in [0.05, 0.1) is 0 Å². The molecular formula is C17H12O2. The van der Waals surface area contributed by atoms with Crippen LogP contribution in [0.4, 0.5) is 0 Å². The minimum Gasteiger partial charge on any atom is -0.508 e.